The fourth-order valence-corrected chi connectivity index (χ4v) is 1.49. The highest BCUT2D eigenvalue weighted by Gasteiger charge is 2.04. The van der Waals surface area contributed by atoms with Gasteiger partial charge in [0.15, 0.2) is 0 Å². The Morgan fingerprint density at radius 2 is 2.15 bits per heavy atom. The fraction of sp³-hybridized carbons (Fsp3) is 0.100. The van der Waals surface area contributed by atoms with E-state index in [4.69, 9.17) is 11.6 Å². The van der Waals surface area contributed by atoms with Crippen LogP contribution in [-0.2, 0) is 0 Å². The lowest BCUT2D eigenvalue weighted by Crippen LogP contribution is -1.84. The van der Waals surface area contributed by atoms with E-state index in [1.807, 2.05) is 13.0 Å². The predicted octanol–water partition coefficient (Wildman–Crippen LogP) is 3.34. The predicted molar refractivity (Wildman–Crippen MR) is 51.4 cm³/mol. The van der Waals surface area contributed by atoms with E-state index in [1.165, 1.54) is 6.07 Å². The average molecular weight is 196 g/mol. The lowest BCUT2D eigenvalue weighted by Gasteiger charge is -2.01. The zero-order valence-electron chi connectivity index (χ0n) is 7.01. The van der Waals surface area contributed by atoms with Gasteiger partial charge in [-0.3, -0.25) is 4.98 Å². The monoisotopic (exact) mass is 195 g/mol. The molecule has 0 aliphatic heterocycles. The van der Waals surface area contributed by atoms with Gasteiger partial charge in [0.25, 0.3) is 0 Å². The first kappa shape index (κ1) is 8.45. The molecule has 0 saturated heterocycles. The SMILES string of the molecule is Cc1cc2ccc(F)c(Cl)c2cn1. The van der Waals surface area contributed by atoms with Crippen molar-refractivity contribution in [2.75, 3.05) is 0 Å². The zero-order chi connectivity index (χ0) is 9.42. The molecule has 0 radical (unpaired) electrons. The topological polar surface area (TPSA) is 12.9 Å². The Morgan fingerprint density at radius 3 is 2.92 bits per heavy atom. The van der Waals surface area contributed by atoms with Crippen molar-refractivity contribution >= 4 is 22.4 Å². The van der Waals surface area contributed by atoms with Crippen LogP contribution in [0, 0.1) is 12.7 Å². The fourth-order valence-electron chi connectivity index (χ4n) is 1.27. The van der Waals surface area contributed by atoms with Gasteiger partial charge in [-0.05, 0) is 24.4 Å². The highest BCUT2D eigenvalue weighted by atomic mass is 35.5. The molecular formula is C10H7ClFN. The molecule has 0 amide bonds. The Labute approximate surface area is 80.2 Å². The third-order valence-corrected chi connectivity index (χ3v) is 2.31. The van der Waals surface area contributed by atoms with Crippen LogP contribution >= 0.6 is 11.6 Å². The van der Waals surface area contributed by atoms with Crippen molar-refractivity contribution in [3.8, 4) is 0 Å². The summed E-state index contributed by atoms with van der Waals surface area (Å²) in [5.74, 6) is -0.403. The molecule has 2 aromatic rings. The van der Waals surface area contributed by atoms with Gasteiger partial charge in [-0.25, -0.2) is 4.39 Å². The number of aryl methyl sites for hydroxylation is 1. The van der Waals surface area contributed by atoms with Gasteiger partial charge in [-0.2, -0.15) is 0 Å². The Kier molecular flexibility index (Phi) is 1.93. The molecule has 1 heterocycles. The number of nitrogens with zero attached hydrogens (tertiary/aromatic N) is 1. The van der Waals surface area contributed by atoms with Gasteiger partial charge in [-0.1, -0.05) is 17.7 Å². The molecule has 1 nitrogen and oxygen atoms in total. The lowest BCUT2D eigenvalue weighted by molar-refractivity contribution is 0.630. The van der Waals surface area contributed by atoms with E-state index in [9.17, 15) is 4.39 Å². The van der Waals surface area contributed by atoms with Crippen molar-refractivity contribution in [2.45, 2.75) is 6.92 Å². The van der Waals surface area contributed by atoms with Crippen LogP contribution in [0.25, 0.3) is 10.8 Å². The second kappa shape index (κ2) is 2.96. The third kappa shape index (κ3) is 1.38. The molecule has 0 aliphatic rings. The minimum atomic E-state index is -0.403. The summed E-state index contributed by atoms with van der Waals surface area (Å²) < 4.78 is 13.0. The Morgan fingerprint density at radius 1 is 1.38 bits per heavy atom. The van der Waals surface area contributed by atoms with Gasteiger partial charge < -0.3 is 0 Å². The molecule has 13 heavy (non-hydrogen) atoms. The summed E-state index contributed by atoms with van der Waals surface area (Å²) in [5, 5.41) is 1.72. The molecule has 1 aromatic carbocycles. The minimum Gasteiger partial charge on any atom is -0.261 e. The van der Waals surface area contributed by atoms with Crippen molar-refractivity contribution in [3.63, 3.8) is 0 Å². The van der Waals surface area contributed by atoms with Crippen LogP contribution in [0.1, 0.15) is 5.69 Å². The molecule has 0 bridgehead atoms. The van der Waals surface area contributed by atoms with Crippen molar-refractivity contribution < 1.29 is 4.39 Å². The molecule has 3 heteroatoms. The second-order valence-corrected chi connectivity index (χ2v) is 3.29. The van der Waals surface area contributed by atoms with Crippen LogP contribution in [0.15, 0.2) is 24.4 Å². The number of pyridine rings is 1. The number of hydrogen-bond acceptors (Lipinski definition) is 1. The van der Waals surface area contributed by atoms with E-state index in [0.29, 0.717) is 5.39 Å². The van der Waals surface area contributed by atoms with Gasteiger partial charge in [0.2, 0.25) is 0 Å². The maximum atomic E-state index is 13.0. The molecule has 0 spiro atoms. The zero-order valence-corrected chi connectivity index (χ0v) is 7.77. The molecule has 1 aromatic heterocycles. The van der Waals surface area contributed by atoms with Crippen LogP contribution in [-0.4, -0.2) is 4.98 Å². The minimum absolute atomic E-state index is 0.144. The van der Waals surface area contributed by atoms with Gasteiger partial charge in [0, 0.05) is 17.3 Å². The summed E-state index contributed by atoms with van der Waals surface area (Å²) in [6.45, 7) is 1.89. The number of halogens is 2. The highest BCUT2D eigenvalue weighted by molar-refractivity contribution is 6.35. The van der Waals surface area contributed by atoms with Crippen molar-refractivity contribution in [3.05, 3.63) is 40.9 Å². The van der Waals surface area contributed by atoms with Crippen LogP contribution in [0.3, 0.4) is 0 Å². The van der Waals surface area contributed by atoms with Crippen LogP contribution in [0.4, 0.5) is 4.39 Å². The summed E-state index contributed by atoms with van der Waals surface area (Å²) in [6.07, 6.45) is 1.59. The molecule has 2 rings (SSSR count). The van der Waals surface area contributed by atoms with E-state index >= 15 is 0 Å². The first-order valence-corrected chi connectivity index (χ1v) is 4.26. The second-order valence-electron chi connectivity index (χ2n) is 2.91. The van der Waals surface area contributed by atoms with Gasteiger partial charge in [0.1, 0.15) is 5.82 Å². The van der Waals surface area contributed by atoms with Crippen LogP contribution in [0.5, 0.6) is 0 Å². The normalized spacial score (nSPS) is 10.7. The molecule has 0 atom stereocenters. The number of aromatic nitrogens is 1. The largest absolute Gasteiger partial charge is 0.261 e. The van der Waals surface area contributed by atoms with E-state index in [0.717, 1.165) is 11.1 Å². The Hall–Kier alpha value is -1.15. The summed E-state index contributed by atoms with van der Waals surface area (Å²) in [4.78, 5) is 4.06. The van der Waals surface area contributed by atoms with Crippen LogP contribution in [0.2, 0.25) is 5.02 Å². The van der Waals surface area contributed by atoms with E-state index in [2.05, 4.69) is 4.98 Å². The first-order chi connectivity index (χ1) is 6.18. The van der Waals surface area contributed by atoms with Crippen molar-refractivity contribution in [2.24, 2.45) is 0 Å². The summed E-state index contributed by atoms with van der Waals surface area (Å²) in [5.41, 5.74) is 0.898. The van der Waals surface area contributed by atoms with Gasteiger partial charge in [0.05, 0.1) is 5.02 Å². The molecule has 66 valence electrons. The molecule has 0 aliphatic carbocycles. The number of fused-ring (bicyclic) bond motifs is 1. The summed E-state index contributed by atoms with van der Waals surface area (Å²) >= 11 is 5.76. The van der Waals surface area contributed by atoms with E-state index < -0.39 is 5.82 Å². The average Bonchev–Trinajstić information content (AvgIpc) is 2.12. The number of hydrogen-bond donors (Lipinski definition) is 0. The molecule has 0 fully saturated rings. The molecule has 0 N–H and O–H groups in total. The Balaban J connectivity index is 2.87. The van der Waals surface area contributed by atoms with Gasteiger partial charge >= 0.3 is 0 Å². The van der Waals surface area contributed by atoms with Crippen molar-refractivity contribution in [1.82, 2.24) is 4.98 Å². The van der Waals surface area contributed by atoms with Gasteiger partial charge in [-0.15, -0.1) is 0 Å². The van der Waals surface area contributed by atoms with E-state index in [-0.39, 0.29) is 5.02 Å². The number of rotatable bonds is 0. The van der Waals surface area contributed by atoms with Crippen molar-refractivity contribution in [1.29, 1.82) is 0 Å². The summed E-state index contributed by atoms with van der Waals surface area (Å²) in [7, 11) is 0. The standard InChI is InChI=1S/C10H7ClFN/c1-6-4-7-2-3-9(12)10(11)8(7)5-13-6/h2-5H,1H3. The molecular weight excluding hydrogens is 189 g/mol. The maximum Gasteiger partial charge on any atom is 0.142 e. The smallest absolute Gasteiger partial charge is 0.142 e. The summed E-state index contributed by atoms with van der Waals surface area (Å²) in [6, 6.07) is 4.94. The maximum absolute atomic E-state index is 13.0. The third-order valence-electron chi connectivity index (χ3n) is 1.93. The lowest BCUT2D eigenvalue weighted by atomic mass is 10.1. The Bertz CT molecular complexity index is 468. The first-order valence-electron chi connectivity index (χ1n) is 3.89. The highest BCUT2D eigenvalue weighted by Crippen LogP contribution is 2.25. The quantitative estimate of drug-likeness (QED) is 0.628. The van der Waals surface area contributed by atoms with E-state index in [1.54, 1.807) is 12.3 Å². The molecule has 0 saturated carbocycles. The molecule has 0 unspecified atom stereocenters. The van der Waals surface area contributed by atoms with Crippen LogP contribution < -0.4 is 0 Å². The number of benzene rings is 1.